The molecule has 0 unspecified atom stereocenters. The molecule has 20 nitrogen and oxygen atoms in total. The van der Waals surface area contributed by atoms with Gasteiger partial charge in [0.15, 0.2) is 11.3 Å². The zero-order valence-corrected chi connectivity index (χ0v) is 56.9. The molecular formula is C74H80N8O12S2. The van der Waals surface area contributed by atoms with Gasteiger partial charge in [-0.25, -0.2) is 0 Å². The van der Waals surface area contributed by atoms with Gasteiger partial charge in [0.05, 0.1) is 26.4 Å². The molecule has 10 atom stereocenters. The molecule has 0 saturated carbocycles. The van der Waals surface area contributed by atoms with E-state index >= 15 is 0 Å². The molecule has 500 valence electrons. The lowest BCUT2D eigenvalue weighted by Gasteiger charge is -2.37. The number of H-pyrrole nitrogens is 2. The highest BCUT2D eigenvalue weighted by Gasteiger charge is 2.47. The van der Waals surface area contributed by atoms with E-state index in [1.807, 2.05) is 184 Å². The van der Waals surface area contributed by atoms with Crippen molar-refractivity contribution in [2.24, 2.45) is 23.7 Å². The number of fused-ring (bicyclic) bond motifs is 2. The molecule has 6 heterocycles. The standard InChI is InChI=1S/2C37H40N4O6S/c2*1-6-22(2)30-21-29(23(3)46-24(4)42)34(47-30)41-32-31(48-36(41)44)33(43)39-35(38-32)40-37(25-13-9-7-10-14-25,26-15-11-8-12-16-26)27-17-19-28(45-5)20-18-27/h2*7-20,22-23,29-30,34H,6,21H2,1-5H3,(H2,38,39,40,43)/t22-,23+,29-,30-,34+;22-,23-,29-,30-,34+/m00/s1. The number of aromatic nitrogens is 6. The highest BCUT2D eigenvalue weighted by Crippen LogP contribution is 2.46. The second-order valence-corrected chi connectivity index (χ2v) is 26.5. The van der Waals surface area contributed by atoms with Gasteiger partial charge >= 0.3 is 21.7 Å². The molecule has 4 N–H and O–H groups in total. The normalized spacial score (nSPS) is 19.1. The van der Waals surface area contributed by atoms with Gasteiger partial charge in [-0.3, -0.25) is 47.9 Å². The van der Waals surface area contributed by atoms with Crippen LogP contribution in [0.15, 0.2) is 189 Å². The van der Waals surface area contributed by atoms with Crippen molar-refractivity contribution in [3.05, 3.63) is 243 Å². The van der Waals surface area contributed by atoms with E-state index in [4.69, 9.17) is 38.4 Å². The zero-order chi connectivity index (χ0) is 68.0. The summed E-state index contributed by atoms with van der Waals surface area (Å²) in [7, 11) is 3.24. The van der Waals surface area contributed by atoms with Crippen molar-refractivity contribution in [1.82, 2.24) is 29.1 Å². The number of anilines is 2. The number of hydrogen-bond donors (Lipinski definition) is 4. The lowest BCUT2D eigenvalue weighted by atomic mass is 9.77. The van der Waals surface area contributed by atoms with E-state index in [0.717, 1.165) is 68.9 Å². The molecule has 2 fully saturated rings. The van der Waals surface area contributed by atoms with Crippen LogP contribution in [0.3, 0.4) is 0 Å². The van der Waals surface area contributed by atoms with Crippen LogP contribution in [0.25, 0.3) is 20.7 Å². The smallest absolute Gasteiger partial charge is 0.311 e. The van der Waals surface area contributed by atoms with Crippen LogP contribution in [0, 0.1) is 23.7 Å². The van der Waals surface area contributed by atoms with Gasteiger partial charge in [0.25, 0.3) is 11.1 Å². The van der Waals surface area contributed by atoms with Gasteiger partial charge in [-0.05, 0) is 96.2 Å². The third-order valence-electron chi connectivity index (χ3n) is 18.8. The summed E-state index contributed by atoms with van der Waals surface area (Å²) in [5, 5.41) is 7.21. The minimum atomic E-state index is -1.02. The molecular weight excluding hydrogens is 1260 g/mol. The first-order chi connectivity index (χ1) is 46.3. The number of nitrogens with zero attached hydrogens (tertiary/aromatic N) is 4. The fraction of sp³-hybridized carbons (Fsp3) is 0.351. The van der Waals surface area contributed by atoms with E-state index in [2.05, 4.69) is 48.3 Å². The fourth-order valence-corrected chi connectivity index (χ4v) is 15.1. The number of methoxy groups -OCH3 is 2. The van der Waals surface area contributed by atoms with Crippen molar-refractivity contribution in [3.63, 3.8) is 0 Å². The van der Waals surface area contributed by atoms with Gasteiger partial charge in [0.2, 0.25) is 11.9 Å². The number of ether oxygens (including phenoxy) is 6. The lowest BCUT2D eigenvalue weighted by Crippen LogP contribution is -2.39. The van der Waals surface area contributed by atoms with Crippen molar-refractivity contribution in [3.8, 4) is 11.5 Å². The average Bonchev–Trinajstić information content (AvgIpc) is 1.28. The SMILES string of the molecule is CC[C@H](C)[C@@H]1C[C@@H]([C@@H](C)OC(C)=O)[C@H](n2c(=O)sc3c(=O)[nH]c(NC(c4ccccc4)(c4ccccc4)c4ccc(OC)cc4)nc32)O1.CC[C@H](C)[C@@H]1C[C@@H]([C@H](C)OC(C)=O)[C@H](n2c(=O)sc3c(=O)[nH]c(NC(c4ccccc4)(c4ccccc4)c4ccc(OC)cc4)nc32)O1. The maximum Gasteiger partial charge on any atom is 0.311 e. The number of carbonyl (C=O) groups is 2. The maximum absolute atomic E-state index is 13.7. The minimum Gasteiger partial charge on any atom is -0.497 e. The predicted molar refractivity (Wildman–Crippen MR) is 373 cm³/mol. The lowest BCUT2D eigenvalue weighted by molar-refractivity contribution is -0.151. The molecule has 0 spiro atoms. The zero-order valence-electron chi connectivity index (χ0n) is 55.3. The van der Waals surface area contributed by atoms with Crippen molar-refractivity contribution < 1.29 is 38.0 Å². The van der Waals surface area contributed by atoms with E-state index in [9.17, 15) is 28.8 Å². The number of carbonyl (C=O) groups excluding carboxylic acids is 2. The summed E-state index contributed by atoms with van der Waals surface area (Å²) in [6.07, 6.45) is -0.0000329. The second-order valence-electron chi connectivity index (χ2n) is 24.6. The molecule has 96 heavy (non-hydrogen) atoms. The van der Waals surface area contributed by atoms with Gasteiger partial charge in [0.1, 0.15) is 56.6 Å². The Morgan fingerprint density at radius 3 is 1.09 bits per heavy atom. The Kier molecular flexibility index (Phi) is 20.7. The third kappa shape index (κ3) is 13.6. The largest absolute Gasteiger partial charge is 0.497 e. The molecule has 2 aliphatic heterocycles. The maximum atomic E-state index is 13.7. The molecule has 2 aliphatic rings. The average molecular weight is 1340 g/mol. The molecule has 4 aromatic heterocycles. The van der Waals surface area contributed by atoms with Crippen LogP contribution in [0.1, 0.15) is 127 Å². The molecule has 12 rings (SSSR count). The summed E-state index contributed by atoms with van der Waals surface area (Å²) >= 11 is 1.65. The van der Waals surface area contributed by atoms with Gasteiger partial charge in [0, 0.05) is 25.7 Å². The second kappa shape index (κ2) is 29.3. The van der Waals surface area contributed by atoms with Crippen LogP contribution in [0.2, 0.25) is 0 Å². The highest BCUT2D eigenvalue weighted by atomic mass is 32.1. The van der Waals surface area contributed by atoms with Crippen LogP contribution in [0.4, 0.5) is 11.9 Å². The first-order valence-corrected chi connectivity index (χ1v) is 34.0. The van der Waals surface area contributed by atoms with Gasteiger partial charge in [-0.15, -0.1) is 0 Å². The predicted octanol–water partition coefficient (Wildman–Crippen LogP) is 12.9. The summed E-state index contributed by atoms with van der Waals surface area (Å²) in [5.74, 6) is 0.689. The highest BCUT2D eigenvalue weighted by molar-refractivity contribution is 7.16. The quantitative estimate of drug-likeness (QED) is 0.0364. The van der Waals surface area contributed by atoms with Crippen molar-refractivity contribution >= 4 is 67.2 Å². The van der Waals surface area contributed by atoms with Crippen LogP contribution in [0.5, 0.6) is 11.5 Å². The van der Waals surface area contributed by atoms with E-state index < -0.39 is 58.8 Å². The number of rotatable bonds is 22. The molecule has 22 heteroatoms. The minimum absolute atomic E-state index is 0.164. The van der Waals surface area contributed by atoms with E-state index in [-0.39, 0.29) is 78.2 Å². The summed E-state index contributed by atoms with van der Waals surface area (Å²) in [4.78, 5) is 93.7. The van der Waals surface area contributed by atoms with E-state index in [1.54, 1.807) is 14.2 Å². The van der Waals surface area contributed by atoms with Crippen molar-refractivity contribution in [2.45, 2.75) is 129 Å². The number of esters is 2. The molecule has 0 bridgehead atoms. The Morgan fingerprint density at radius 2 is 0.812 bits per heavy atom. The number of hydrogen-bond acceptors (Lipinski definition) is 18. The topological polar surface area (TPSA) is 249 Å². The summed E-state index contributed by atoms with van der Waals surface area (Å²) < 4.78 is 38.6. The molecule has 0 aliphatic carbocycles. The third-order valence-corrected chi connectivity index (χ3v) is 20.7. The number of thiazole rings is 2. The van der Waals surface area contributed by atoms with Crippen LogP contribution >= 0.6 is 22.7 Å². The Morgan fingerprint density at radius 1 is 0.510 bits per heavy atom. The van der Waals surface area contributed by atoms with Crippen molar-refractivity contribution in [2.75, 3.05) is 24.9 Å². The van der Waals surface area contributed by atoms with Crippen LogP contribution < -0.4 is 41.0 Å². The van der Waals surface area contributed by atoms with Gasteiger partial charge in [-0.2, -0.15) is 9.97 Å². The number of nitrogens with one attached hydrogen (secondary N) is 4. The Balaban J connectivity index is 0.000000195. The molecule has 0 radical (unpaired) electrons. The summed E-state index contributed by atoms with van der Waals surface area (Å²) in [6, 6.07) is 55.1. The van der Waals surface area contributed by atoms with Crippen LogP contribution in [-0.4, -0.2) is 79.6 Å². The number of benzene rings is 6. The Labute approximate surface area is 563 Å². The van der Waals surface area contributed by atoms with E-state index in [0.29, 0.717) is 24.3 Å². The van der Waals surface area contributed by atoms with Crippen LogP contribution in [-0.2, 0) is 39.6 Å². The van der Waals surface area contributed by atoms with Gasteiger partial charge < -0.3 is 39.1 Å². The van der Waals surface area contributed by atoms with Crippen molar-refractivity contribution in [1.29, 1.82) is 0 Å². The fourth-order valence-electron chi connectivity index (χ4n) is 13.4. The monoisotopic (exact) mass is 1340 g/mol. The number of aromatic amines is 2. The molecule has 6 aromatic carbocycles. The Hall–Kier alpha value is -9.48. The summed E-state index contributed by atoms with van der Waals surface area (Å²) in [6.45, 7) is 14.8. The Bertz CT molecular complexity index is 4190. The summed E-state index contributed by atoms with van der Waals surface area (Å²) in [5.41, 5.74) is 2.82. The molecule has 10 aromatic rings. The van der Waals surface area contributed by atoms with E-state index in [1.165, 1.54) is 23.0 Å². The first-order valence-electron chi connectivity index (χ1n) is 32.4. The first kappa shape index (κ1) is 67.9. The molecule has 2 saturated heterocycles. The molecule has 0 amide bonds. The van der Waals surface area contributed by atoms with Gasteiger partial charge in [-0.1, -0.05) is 209 Å².